The predicted octanol–water partition coefficient (Wildman–Crippen LogP) is 4.62. The summed E-state index contributed by atoms with van der Waals surface area (Å²) in [6, 6.07) is 10.9. The first-order valence-electron chi connectivity index (χ1n) is 8.37. The van der Waals surface area contributed by atoms with Gasteiger partial charge < -0.3 is 4.90 Å². The molecule has 0 saturated carbocycles. The van der Waals surface area contributed by atoms with Crippen LogP contribution in [0.2, 0.25) is 0 Å². The van der Waals surface area contributed by atoms with Crippen molar-refractivity contribution < 1.29 is 0 Å². The first-order valence-corrected chi connectivity index (χ1v) is 8.37. The maximum Gasteiger partial charge on any atom is -0.00190 e. The van der Waals surface area contributed by atoms with Crippen LogP contribution >= 0.6 is 0 Å². The van der Waals surface area contributed by atoms with E-state index < -0.39 is 0 Å². The average Bonchev–Trinajstić information content (AvgIpc) is 2.46. The first kappa shape index (κ1) is 15.6. The van der Waals surface area contributed by atoms with E-state index in [9.17, 15) is 0 Å². The van der Waals surface area contributed by atoms with Crippen molar-refractivity contribution in [2.45, 2.75) is 46.0 Å². The molecule has 112 valence electrons. The third-order valence-electron chi connectivity index (χ3n) is 5.11. The molecule has 1 heterocycles. The highest BCUT2D eigenvalue weighted by Crippen LogP contribution is 2.29. The van der Waals surface area contributed by atoms with Gasteiger partial charge in [-0.1, -0.05) is 57.0 Å². The van der Waals surface area contributed by atoms with E-state index in [-0.39, 0.29) is 0 Å². The molecule has 1 heteroatoms. The van der Waals surface area contributed by atoms with Gasteiger partial charge in [0.05, 0.1) is 0 Å². The van der Waals surface area contributed by atoms with Crippen LogP contribution in [0.25, 0.3) is 0 Å². The van der Waals surface area contributed by atoms with Crippen LogP contribution in [-0.4, -0.2) is 25.0 Å². The molecule has 0 aromatic heterocycles. The number of hydrogen-bond donors (Lipinski definition) is 0. The molecule has 1 aliphatic heterocycles. The van der Waals surface area contributed by atoms with Gasteiger partial charge in [0.25, 0.3) is 0 Å². The smallest absolute Gasteiger partial charge is 0.00190 e. The lowest BCUT2D eigenvalue weighted by Gasteiger charge is -2.33. The van der Waals surface area contributed by atoms with Gasteiger partial charge in [0.1, 0.15) is 0 Å². The van der Waals surface area contributed by atoms with Gasteiger partial charge in [-0.05, 0) is 62.7 Å². The first-order chi connectivity index (χ1) is 9.65. The molecule has 2 atom stereocenters. The van der Waals surface area contributed by atoms with Crippen molar-refractivity contribution in [3.63, 3.8) is 0 Å². The number of benzene rings is 1. The molecule has 2 unspecified atom stereocenters. The Hall–Kier alpha value is -0.820. The zero-order valence-electron chi connectivity index (χ0n) is 13.5. The molecule has 1 aliphatic rings. The highest BCUT2D eigenvalue weighted by Gasteiger charge is 2.22. The third kappa shape index (κ3) is 4.94. The molecule has 0 spiro atoms. The number of rotatable bonds is 6. The van der Waals surface area contributed by atoms with Gasteiger partial charge in [-0.15, -0.1) is 0 Å². The van der Waals surface area contributed by atoms with E-state index in [4.69, 9.17) is 0 Å². The van der Waals surface area contributed by atoms with E-state index in [1.807, 2.05) is 0 Å². The summed E-state index contributed by atoms with van der Waals surface area (Å²) < 4.78 is 0. The SMILES string of the molecule is CC(CCC(C)C1CCN(C)CC1)Cc1ccccc1. The molecule has 20 heavy (non-hydrogen) atoms. The molecule has 1 nitrogen and oxygen atoms in total. The van der Waals surface area contributed by atoms with Crippen molar-refractivity contribution in [2.24, 2.45) is 17.8 Å². The second-order valence-corrected chi connectivity index (χ2v) is 6.99. The van der Waals surface area contributed by atoms with E-state index in [1.54, 1.807) is 0 Å². The van der Waals surface area contributed by atoms with E-state index in [2.05, 4.69) is 56.1 Å². The number of nitrogens with zero attached hydrogens (tertiary/aromatic N) is 1. The standard InChI is InChI=1S/C19H31N/c1-16(15-18-7-5-4-6-8-18)9-10-17(2)19-11-13-20(3)14-12-19/h4-8,16-17,19H,9-15H2,1-3H3. The molecular formula is C19H31N. The summed E-state index contributed by atoms with van der Waals surface area (Å²) in [5.74, 6) is 2.68. The van der Waals surface area contributed by atoms with Crippen LogP contribution in [0.1, 0.15) is 45.1 Å². The van der Waals surface area contributed by atoms with Crippen molar-refractivity contribution >= 4 is 0 Å². The zero-order chi connectivity index (χ0) is 14.4. The minimum atomic E-state index is 0.811. The lowest BCUT2D eigenvalue weighted by atomic mass is 9.81. The Balaban J connectivity index is 1.69. The van der Waals surface area contributed by atoms with Gasteiger partial charge in [-0.2, -0.15) is 0 Å². The third-order valence-corrected chi connectivity index (χ3v) is 5.11. The Bertz CT molecular complexity index is 365. The Morgan fingerprint density at radius 3 is 2.35 bits per heavy atom. The monoisotopic (exact) mass is 273 g/mol. The van der Waals surface area contributed by atoms with Crippen LogP contribution in [0.3, 0.4) is 0 Å². The highest BCUT2D eigenvalue weighted by atomic mass is 15.1. The minimum absolute atomic E-state index is 0.811. The maximum atomic E-state index is 2.48. The lowest BCUT2D eigenvalue weighted by Crippen LogP contribution is -2.32. The van der Waals surface area contributed by atoms with Crippen LogP contribution in [0.15, 0.2) is 30.3 Å². The van der Waals surface area contributed by atoms with Crippen molar-refractivity contribution in [2.75, 3.05) is 20.1 Å². The lowest BCUT2D eigenvalue weighted by molar-refractivity contribution is 0.169. The summed E-state index contributed by atoms with van der Waals surface area (Å²) >= 11 is 0. The van der Waals surface area contributed by atoms with Crippen molar-refractivity contribution in [3.05, 3.63) is 35.9 Å². The van der Waals surface area contributed by atoms with Gasteiger partial charge in [0, 0.05) is 0 Å². The van der Waals surface area contributed by atoms with Crippen molar-refractivity contribution in [1.29, 1.82) is 0 Å². The number of likely N-dealkylation sites (tertiary alicyclic amines) is 1. The molecule has 1 fully saturated rings. The average molecular weight is 273 g/mol. The second-order valence-electron chi connectivity index (χ2n) is 6.99. The highest BCUT2D eigenvalue weighted by molar-refractivity contribution is 5.14. The Kier molecular flexibility index (Phi) is 6.09. The van der Waals surface area contributed by atoms with Crippen molar-refractivity contribution in [1.82, 2.24) is 4.90 Å². The maximum absolute atomic E-state index is 2.48. The van der Waals surface area contributed by atoms with E-state index in [1.165, 1.54) is 50.8 Å². The molecule has 0 bridgehead atoms. The van der Waals surface area contributed by atoms with Gasteiger partial charge in [-0.3, -0.25) is 0 Å². The van der Waals surface area contributed by atoms with Crippen LogP contribution in [0.4, 0.5) is 0 Å². The van der Waals surface area contributed by atoms with Crippen LogP contribution in [0, 0.1) is 17.8 Å². The minimum Gasteiger partial charge on any atom is -0.306 e. The van der Waals surface area contributed by atoms with Gasteiger partial charge >= 0.3 is 0 Å². The Morgan fingerprint density at radius 2 is 1.70 bits per heavy atom. The largest absolute Gasteiger partial charge is 0.306 e. The van der Waals surface area contributed by atoms with Crippen LogP contribution in [0.5, 0.6) is 0 Å². The fraction of sp³-hybridized carbons (Fsp3) is 0.684. The van der Waals surface area contributed by atoms with Gasteiger partial charge in [-0.25, -0.2) is 0 Å². The summed E-state index contributed by atoms with van der Waals surface area (Å²) in [6.45, 7) is 7.49. The second kappa shape index (κ2) is 7.83. The molecule has 0 amide bonds. The van der Waals surface area contributed by atoms with E-state index in [0.29, 0.717) is 0 Å². The molecule has 0 N–H and O–H groups in total. The summed E-state index contributed by atoms with van der Waals surface area (Å²) in [5, 5.41) is 0. The number of piperidine rings is 1. The summed E-state index contributed by atoms with van der Waals surface area (Å²) in [7, 11) is 2.25. The summed E-state index contributed by atoms with van der Waals surface area (Å²) in [6.07, 6.45) is 6.83. The van der Waals surface area contributed by atoms with E-state index >= 15 is 0 Å². The molecule has 0 aliphatic carbocycles. The fourth-order valence-corrected chi connectivity index (χ4v) is 3.50. The van der Waals surface area contributed by atoms with Crippen LogP contribution in [-0.2, 0) is 6.42 Å². The van der Waals surface area contributed by atoms with Crippen molar-refractivity contribution in [3.8, 4) is 0 Å². The van der Waals surface area contributed by atoms with Gasteiger partial charge in [0.15, 0.2) is 0 Å². The fourth-order valence-electron chi connectivity index (χ4n) is 3.50. The Labute approximate surface area is 125 Å². The topological polar surface area (TPSA) is 3.24 Å². The molecule has 1 saturated heterocycles. The Morgan fingerprint density at radius 1 is 1.05 bits per heavy atom. The van der Waals surface area contributed by atoms with Gasteiger partial charge in [0.2, 0.25) is 0 Å². The number of hydrogen-bond acceptors (Lipinski definition) is 1. The normalized spacial score (nSPS) is 20.8. The van der Waals surface area contributed by atoms with E-state index in [0.717, 1.165) is 17.8 Å². The molecule has 1 aromatic rings. The molecular weight excluding hydrogens is 242 g/mol. The summed E-state index contributed by atoms with van der Waals surface area (Å²) in [5.41, 5.74) is 1.49. The molecule has 2 rings (SSSR count). The molecule has 1 aromatic carbocycles. The predicted molar refractivity (Wildman–Crippen MR) is 87.9 cm³/mol. The molecule has 0 radical (unpaired) electrons. The zero-order valence-corrected chi connectivity index (χ0v) is 13.5. The summed E-state index contributed by atoms with van der Waals surface area (Å²) in [4.78, 5) is 2.47. The van der Waals surface area contributed by atoms with Crippen LogP contribution < -0.4 is 0 Å². The quantitative estimate of drug-likeness (QED) is 0.731.